The van der Waals surface area contributed by atoms with E-state index in [1.165, 1.54) is 5.71 Å². The van der Waals surface area contributed by atoms with Crippen LogP contribution in [0, 0.1) is 0 Å². The third-order valence-corrected chi connectivity index (χ3v) is 2.31. The Balaban J connectivity index is 2.77. The van der Waals surface area contributed by atoms with Gasteiger partial charge in [0, 0.05) is 5.71 Å². The van der Waals surface area contributed by atoms with Crippen LogP contribution >= 0.6 is 0 Å². The van der Waals surface area contributed by atoms with Gasteiger partial charge in [0.2, 0.25) is 0 Å². The molecule has 0 fully saturated rings. The zero-order chi connectivity index (χ0) is 11.1. The topological polar surface area (TPSA) is 21.6 Å². The normalized spacial score (nSPS) is 11.5. The van der Waals surface area contributed by atoms with Crippen LogP contribution in [0.15, 0.2) is 29.3 Å². The quantitative estimate of drug-likeness (QED) is 0.666. The third kappa shape index (κ3) is 3.74. The fourth-order valence-corrected chi connectivity index (χ4v) is 1.44. The number of hydrogen-bond donors (Lipinski definition) is 0. The molecule has 0 spiro atoms. The van der Waals surface area contributed by atoms with E-state index in [2.05, 4.69) is 18.8 Å². The lowest BCUT2D eigenvalue weighted by Gasteiger charge is -2.03. The maximum Gasteiger partial charge on any atom is 0.119 e. The highest BCUT2D eigenvalue weighted by molar-refractivity contribution is 5.86. The molecule has 0 aliphatic carbocycles. The van der Waals surface area contributed by atoms with E-state index in [1.807, 2.05) is 24.3 Å². The molecular weight excluding hydrogens is 186 g/mol. The average Bonchev–Trinajstić information content (AvgIpc) is 2.29. The van der Waals surface area contributed by atoms with Crippen molar-refractivity contribution in [3.05, 3.63) is 24.3 Å². The molecule has 0 radical (unpaired) electrons. The van der Waals surface area contributed by atoms with Crippen LogP contribution in [0.4, 0.5) is 5.69 Å². The van der Waals surface area contributed by atoms with Crippen LogP contribution in [0.25, 0.3) is 0 Å². The zero-order valence-electron chi connectivity index (χ0n) is 9.79. The monoisotopic (exact) mass is 205 g/mol. The van der Waals surface area contributed by atoms with Crippen molar-refractivity contribution in [1.82, 2.24) is 0 Å². The number of ether oxygens (including phenoxy) is 1. The lowest BCUT2D eigenvalue weighted by Crippen LogP contribution is -1.93. The van der Waals surface area contributed by atoms with Crippen LogP contribution in [0.3, 0.4) is 0 Å². The molecule has 1 aromatic rings. The largest absolute Gasteiger partial charge is 0.497 e. The first-order valence-corrected chi connectivity index (χ1v) is 5.50. The Morgan fingerprint density at radius 3 is 2.33 bits per heavy atom. The minimum absolute atomic E-state index is 0.877. The maximum absolute atomic E-state index is 5.10. The molecule has 0 amide bonds. The first-order valence-electron chi connectivity index (χ1n) is 5.50. The summed E-state index contributed by atoms with van der Waals surface area (Å²) in [6, 6.07) is 7.87. The van der Waals surface area contributed by atoms with Crippen molar-refractivity contribution in [1.29, 1.82) is 0 Å². The van der Waals surface area contributed by atoms with Crippen LogP contribution in [0.5, 0.6) is 5.75 Å². The molecule has 0 atom stereocenters. The van der Waals surface area contributed by atoms with Gasteiger partial charge in [-0.25, -0.2) is 0 Å². The molecule has 0 aliphatic rings. The second kappa shape index (κ2) is 6.23. The first-order chi connectivity index (χ1) is 7.30. The minimum atomic E-state index is 0.877. The highest BCUT2D eigenvalue weighted by Crippen LogP contribution is 2.18. The fraction of sp³-hybridized carbons (Fsp3) is 0.462. The highest BCUT2D eigenvalue weighted by Gasteiger charge is 1.96. The molecule has 2 nitrogen and oxygen atoms in total. The van der Waals surface area contributed by atoms with Crippen LogP contribution in [0.1, 0.15) is 33.1 Å². The van der Waals surface area contributed by atoms with Gasteiger partial charge in [0.25, 0.3) is 0 Å². The molecular formula is C13H19NO. The SMILES string of the molecule is CCCC(CC)=Nc1ccc(OC)cc1. The van der Waals surface area contributed by atoms with Crippen molar-refractivity contribution in [2.24, 2.45) is 4.99 Å². The standard InChI is InChI=1S/C13H19NO/c1-4-6-11(5-2)14-12-7-9-13(15-3)10-8-12/h7-10H,4-6H2,1-3H3. The summed E-state index contributed by atoms with van der Waals surface area (Å²) in [5.74, 6) is 0.877. The second-order valence-corrected chi connectivity index (χ2v) is 3.48. The van der Waals surface area contributed by atoms with Crippen LogP contribution in [-0.4, -0.2) is 12.8 Å². The summed E-state index contributed by atoms with van der Waals surface area (Å²) in [6.07, 6.45) is 3.27. The summed E-state index contributed by atoms with van der Waals surface area (Å²) in [7, 11) is 1.67. The highest BCUT2D eigenvalue weighted by atomic mass is 16.5. The Labute approximate surface area is 92.0 Å². The third-order valence-electron chi connectivity index (χ3n) is 2.31. The van der Waals surface area contributed by atoms with Crippen LogP contribution in [-0.2, 0) is 0 Å². The molecule has 0 aromatic heterocycles. The molecule has 0 saturated heterocycles. The van der Waals surface area contributed by atoms with Gasteiger partial charge in [-0.2, -0.15) is 0 Å². The van der Waals surface area contributed by atoms with Crippen molar-refractivity contribution in [2.75, 3.05) is 7.11 Å². The van der Waals surface area contributed by atoms with Gasteiger partial charge in [0.1, 0.15) is 5.75 Å². The molecule has 15 heavy (non-hydrogen) atoms. The van der Waals surface area contributed by atoms with E-state index in [9.17, 15) is 0 Å². The number of benzene rings is 1. The van der Waals surface area contributed by atoms with E-state index in [-0.39, 0.29) is 0 Å². The van der Waals surface area contributed by atoms with Gasteiger partial charge in [0.05, 0.1) is 12.8 Å². The van der Waals surface area contributed by atoms with Gasteiger partial charge in [-0.05, 0) is 37.1 Å². The van der Waals surface area contributed by atoms with E-state index < -0.39 is 0 Å². The number of hydrogen-bond acceptors (Lipinski definition) is 2. The van der Waals surface area contributed by atoms with Crippen LogP contribution < -0.4 is 4.74 Å². The van der Waals surface area contributed by atoms with Gasteiger partial charge in [-0.1, -0.05) is 20.3 Å². The van der Waals surface area contributed by atoms with E-state index in [4.69, 9.17) is 4.74 Å². The Hall–Kier alpha value is -1.31. The predicted molar refractivity (Wildman–Crippen MR) is 65.3 cm³/mol. The Kier molecular flexibility index (Phi) is 4.88. The smallest absolute Gasteiger partial charge is 0.119 e. The summed E-state index contributed by atoms with van der Waals surface area (Å²) >= 11 is 0. The zero-order valence-corrected chi connectivity index (χ0v) is 9.79. The first kappa shape index (κ1) is 11.8. The lowest BCUT2D eigenvalue weighted by atomic mass is 10.2. The minimum Gasteiger partial charge on any atom is -0.497 e. The summed E-state index contributed by atoms with van der Waals surface area (Å²) in [6.45, 7) is 4.33. The van der Waals surface area contributed by atoms with Crippen molar-refractivity contribution in [3.8, 4) is 5.75 Å². The number of aliphatic imine (C=N–C) groups is 1. The van der Waals surface area contributed by atoms with Gasteiger partial charge in [-0.3, -0.25) is 4.99 Å². The predicted octanol–water partition coefficient (Wildman–Crippen LogP) is 3.98. The molecule has 2 heteroatoms. The summed E-state index contributed by atoms with van der Waals surface area (Å²) in [5.41, 5.74) is 2.28. The Morgan fingerprint density at radius 1 is 1.20 bits per heavy atom. The lowest BCUT2D eigenvalue weighted by molar-refractivity contribution is 0.415. The average molecular weight is 205 g/mol. The summed E-state index contributed by atoms with van der Waals surface area (Å²) in [4.78, 5) is 4.60. The van der Waals surface area contributed by atoms with Crippen molar-refractivity contribution >= 4 is 11.4 Å². The number of methoxy groups -OCH3 is 1. The molecule has 0 saturated carbocycles. The van der Waals surface area contributed by atoms with E-state index >= 15 is 0 Å². The molecule has 0 N–H and O–H groups in total. The number of nitrogens with zero attached hydrogens (tertiary/aromatic N) is 1. The summed E-state index contributed by atoms with van der Waals surface area (Å²) < 4.78 is 5.10. The van der Waals surface area contributed by atoms with Gasteiger partial charge >= 0.3 is 0 Å². The fourth-order valence-electron chi connectivity index (χ4n) is 1.44. The maximum atomic E-state index is 5.10. The van der Waals surface area contributed by atoms with Gasteiger partial charge in [-0.15, -0.1) is 0 Å². The van der Waals surface area contributed by atoms with Crippen molar-refractivity contribution in [2.45, 2.75) is 33.1 Å². The number of rotatable bonds is 5. The Bertz CT molecular complexity index is 314. The molecule has 0 bridgehead atoms. The van der Waals surface area contributed by atoms with Gasteiger partial charge in [0.15, 0.2) is 0 Å². The molecule has 1 rings (SSSR count). The second-order valence-electron chi connectivity index (χ2n) is 3.48. The van der Waals surface area contributed by atoms with E-state index in [0.717, 1.165) is 30.7 Å². The molecule has 1 aromatic carbocycles. The van der Waals surface area contributed by atoms with E-state index in [0.29, 0.717) is 0 Å². The van der Waals surface area contributed by atoms with Crippen molar-refractivity contribution < 1.29 is 4.74 Å². The van der Waals surface area contributed by atoms with Gasteiger partial charge < -0.3 is 4.74 Å². The summed E-state index contributed by atoms with van der Waals surface area (Å²) in [5, 5.41) is 0. The molecule has 82 valence electrons. The molecule has 0 unspecified atom stereocenters. The van der Waals surface area contributed by atoms with E-state index in [1.54, 1.807) is 7.11 Å². The molecule has 0 aliphatic heterocycles. The molecule has 0 heterocycles. The van der Waals surface area contributed by atoms with Crippen LogP contribution in [0.2, 0.25) is 0 Å². The Morgan fingerprint density at radius 2 is 1.87 bits per heavy atom. The van der Waals surface area contributed by atoms with Crippen molar-refractivity contribution in [3.63, 3.8) is 0 Å².